The number of ketones is 1. The number of hydrogen-bond acceptors (Lipinski definition) is 4. The molecule has 0 saturated carbocycles. The van der Waals surface area contributed by atoms with Crippen LogP contribution in [0.5, 0.6) is 0 Å². The van der Waals surface area contributed by atoms with Crippen LogP contribution < -0.4 is 16.4 Å². The molecule has 23 heavy (non-hydrogen) atoms. The van der Waals surface area contributed by atoms with Crippen LogP contribution in [-0.4, -0.2) is 17.7 Å². The van der Waals surface area contributed by atoms with Crippen molar-refractivity contribution in [3.05, 3.63) is 45.6 Å². The number of Topliss-reactive ketones (excluding diaryl/α,β-unsaturated/α-hetero) is 1. The topological polar surface area (TPSA) is 101 Å². The first-order chi connectivity index (χ1) is 10.9. The van der Waals surface area contributed by atoms with Gasteiger partial charge >= 0.3 is 6.03 Å². The van der Waals surface area contributed by atoms with Gasteiger partial charge in [0.05, 0.1) is 9.21 Å². The molecule has 3 amide bonds. The second kappa shape index (κ2) is 7.75. The fourth-order valence-electron chi connectivity index (χ4n) is 1.85. The molecule has 6 nitrogen and oxygen atoms in total. The van der Waals surface area contributed by atoms with Crippen LogP contribution in [0.1, 0.15) is 22.5 Å². The average Bonchev–Trinajstić information content (AvgIpc) is 2.91. The van der Waals surface area contributed by atoms with E-state index < -0.39 is 6.03 Å². The zero-order valence-electron chi connectivity index (χ0n) is 12.0. The van der Waals surface area contributed by atoms with Gasteiger partial charge in [0.2, 0.25) is 5.91 Å². The molecule has 8 heteroatoms. The smallest absolute Gasteiger partial charge is 0.316 e. The number of hydrogen-bond donors (Lipinski definition) is 3. The lowest BCUT2D eigenvalue weighted by molar-refractivity contribution is -0.116. The van der Waals surface area contributed by atoms with Crippen molar-refractivity contribution in [2.45, 2.75) is 12.8 Å². The average molecular weight is 352 g/mol. The number of halogens is 1. The van der Waals surface area contributed by atoms with Gasteiger partial charge in [0, 0.05) is 24.2 Å². The number of amides is 3. The fourth-order valence-corrected chi connectivity index (χ4v) is 2.87. The van der Waals surface area contributed by atoms with Crippen molar-refractivity contribution >= 4 is 52.0 Å². The SMILES string of the molecule is NC(=O)Nc1cccc(NC(=O)CCC(=O)c2ccc(Cl)s2)c1. The van der Waals surface area contributed by atoms with Gasteiger partial charge in [-0.1, -0.05) is 17.7 Å². The highest BCUT2D eigenvalue weighted by Crippen LogP contribution is 2.23. The molecule has 2 aromatic rings. The van der Waals surface area contributed by atoms with Gasteiger partial charge in [0.25, 0.3) is 0 Å². The lowest BCUT2D eigenvalue weighted by Crippen LogP contribution is -2.19. The van der Waals surface area contributed by atoms with Crippen molar-refractivity contribution < 1.29 is 14.4 Å². The van der Waals surface area contributed by atoms with Gasteiger partial charge in [-0.15, -0.1) is 11.3 Å². The van der Waals surface area contributed by atoms with Crippen molar-refractivity contribution in [2.24, 2.45) is 5.73 Å². The van der Waals surface area contributed by atoms with E-state index in [9.17, 15) is 14.4 Å². The summed E-state index contributed by atoms with van der Waals surface area (Å²) < 4.78 is 0.538. The molecular weight excluding hydrogens is 338 g/mol. The number of urea groups is 1. The van der Waals surface area contributed by atoms with Crippen LogP contribution in [0.25, 0.3) is 0 Å². The molecule has 0 atom stereocenters. The highest BCUT2D eigenvalue weighted by molar-refractivity contribution is 7.18. The molecule has 0 bridgehead atoms. The Hall–Kier alpha value is -2.38. The molecule has 0 fully saturated rings. The predicted octanol–water partition coefficient (Wildman–Crippen LogP) is 3.49. The molecular formula is C15H14ClN3O3S. The van der Waals surface area contributed by atoms with Gasteiger partial charge in [0.1, 0.15) is 0 Å². The maximum Gasteiger partial charge on any atom is 0.316 e. The Kier molecular flexibility index (Phi) is 5.72. The molecule has 1 aromatic heterocycles. The van der Waals surface area contributed by atoms with Gasteiger partial charge in [-0.2, -0.15) is 0 Å². The summed E-state index contributed by atoms with van der Waals surface area (Å²) >= 11 is 6.96. The third-order valence-corrected chi connectivity index (χ3v) is 4.11. The standard InChI is InChI=1S/C15H14ClN3O3S/c16-13-6-5-12(23-13)11(20)4-7-14(21)18-9-2-1-3-10(8-9)19-15(17)22/h1-3,5-6,8H,4,7H2,(H,18,21)(H3,17,19,22). The molecule has 0 aliphatic rings. The molecule has 0 aliphatic carbocycles. The summed E-state index contributed by atoms with van der Waals surface area (Å²) in [6, 6.07) is 9.16. The number of nitrogens with two attached hydrogens (primary N) is 1. The van der Waals surface area contributed by atoms with E-state index in [0.29, 0.717) is 20.6 Å². The number of anilines is 2. The Labute approximate surface area is 141 Å². The molecule has 0 saturated heterocycles. The predicted molar refractivity (Wildman–Crippen MR) is 91.2 cm³/mol. The minimum atomic E-state index is -0.686. The zero-order chi connectivity index (χ0) is 16.8. The Morgan fingerprint density at radius 3 is 2.35 bits per heavy atom. The third-order valence-electron chi connectivity index (χ3n) is 2.84. The number of carbonyl (C=O) groups is 3. The molecule has 2 rings (SSSR count). The highest BCUT2D eigenvalue weighted by atomic mass is 35.5. The summed E-state index contributed by atoms with van der Waals surface area (Å²) in [5.74, 6) is -0.418. The molecule has 4 N–H and O–H groups in total. The highest BCUT2D eigenvalue weighted by Gasteiger charge is 2.12. The Morgan fingerprint density at radius 1 is 1.04 bits per heavy atom. The zero-order valence-corrected chi connectivity index (χ0v) is 13.5. The summed E-state index contributed by atoms with van der Waals surface area (Å²) in [6.45, 7) is 0. The van der Waals surface area contributed by atoms with Crippen LogP contribution >= 0.6 is 22.9 Å². The minimum Gasteiger partial charge on any atom is -0.351 e. The molecule has 0 spiro atoms. The summed E-state index contributed by atoms with van der Waals surface area (Å²) in [7, 11) is 0. The summed E-state index contributed by atoms with van der Waals surface area (Å²) in [5, 5.41) is 5.08. The number of carbonyl (C=O) groups excluding carboxylic acids is 3. The second-order valence-electron chi connectivity index (χ2n) is 4.65. The van der Waals surface area contributed by atoms with Gasteiger partial charge in [-0.05, 0) is 30.3 Å². The number of thiophene rings is 1. The van der Waals surface area contributed by atoms with Gasteiger partial charge in [-0.3, -0.25) is 9.59 Å². The van der Waals surface area contributed by atoms with Crippen LogP contribution in [0, 0.1) is 0 Å². The molecule has 1 heterocycles. The normalized spacial score (nSPS) is 10.1. The second-order valence-corrected chi connectivity index (χ2v) is 6.36. The van der Waals surface area contributed by atoms with Crippen LogP contribution in [0.4, 0.5) is 16.2 Å². The van der Waals surface area contributed by atoms with E-state index in [1.807, 2.05) is 0 Å². The van der Waals surface area contributed by atoms with E-state index in [4.69, 9.17) is 17.3 Å². The largest absolute Gasteiger partial charge is 0.351 e. The number of nitrogens with one attached hydrogen (secondary N) is 2. The van der Waals surface area contributed by atoms with Crippen molar-refractivity contribution in [3.63, 3.8) is 0 Å². The van der Waals surface area contributed by atoms with Crippen molar-refractivity contribution in [1.82, 2.24) is 0 Å². The summed E-state index contributed by atoms with van der Waals surface area (Å²) in [4.78, 5) is 35.1. The van der Waals surface area contributed by atoms with Gasteiger partial charge < -0.3 is 16.4 Å². The molecule has 0 aliphatic heterocycles. The van der Waals surface area contributed by atoms with Crippen LogP contribution in [0.3, 0.4) is 0 Å². The van der Waals surface area contributed by atoms with Crippen molar-refractivity contribution in [1.29, 1.82) is 0 Å². The number of primary amides is 1. The van der Waals surface area contributed by atoms with Gasteiger partial charge in [0.15, 0.2) is 5.78 Å². The summed E-state index contributed by atoms with van der Waals surface area (Å²) in [6.07, 6.45) is 0.156. The van der Waals surface area contributed by atoms with E-state index in [-0.39, 0.29) is 24.5 Å². The first kappa shape index (κ1) is 17.0. The van der Waals surface area contributed by atoms with Crippen molar-refractivity contribution in [2.75, 3.05) is 10.6 Å². The maximum absolute atomic E-state index is 11.9. The van der Waals surface area contributed by atoms with Crippen LogP contribution in [0.15, 0.2) is 36.4 Å². The Balaban J connectivity index is 1.87. The number of rotatable bonds is 6. The quantitative estimate of drug-likeness (QED) is 0.694. The first-order valence-electron chi connectivity index (χ1n) is 6.69. The number of benzene rings is 1. The van der Waals surface area contributed by atoms with Crippen molar-refractivity contribution in [3.8, 4) is 0 Å². The maximum atomic E-state index is 11.9. The van der Waals surface area contributed by atoms with E-state index in [2.05, 4.69) is 10.6 Å². The summed E-state index contributed by atoms with van der Waals surface area (Å²) in [5.41, 5.74) is 6.01. The van der Waals surface area contributed by atoms with Gasteiger partial charge in [-0.25, -0.2) is 4.79 Å². The monoisotopic (exact) mass is 351 g/mol. The fraction of sp³-hybridized carbons (Fsp3) is 0.133. The van der Waals surface area contributed by atoms with E-state index in [1.54, 1.807) is 36.4 Å². The Morgan fingerprint density at radius 2 is 1.74 bits per heavy atom. The van der Waals surface area contributed by atoms with E-state index >= 15 is 0 Å². The molecule has 120 valence electrons. The molecule has 0 radical (unpaired) electrons. The molecule has 1 aromatic carbocycles. The van der Waals surface area contributed by atoms with Crippen LogP contribution in [-0.2, 0) is 4.79 Å². The first-order valence-corrected chi connectivity index (χ1v) is 7.88. The Bertz CT molecular complexity index is 745. The van der Waals surface area contributed by atoms with E-state index in [0.717, 1.165) is 0 Å². The van der Waals surface area contributed by atoms with Crippen LogP contribution in [0.2, 0.25) is 4.34 Å². The third kappa shape index (κ3) is 5.39. The lowest BCUT2D eigenvalue weighted by Gasteiger charge is -2.07. The molecule has 0 unspecified atom stereocenters. The lowest BCUT2D eigenvalue weighted by atomic mass is 10.2. The van der Waals surface area contributed by atoms with E-state index in [1.165, 1.54) is 11.3 Å². The minimum absolute atomic E-state index is 0.0574.